The SMILES string of the molecule is CC(C)Sc1ccc(C(C)(C)CNCC#N)cc1. The van der Waals surface area contributed by atoms with Crippen molar-refractivity contribution < 1.29 is 0 Å². The first-order chi connectivity index (χ1) is 8.45. The van der Waals surface area contributed by atoms with Gasteiger partial charge in [-0.3, -0.25) is 0 Å². The second-order valence-corrected chi connectivity index (χ2v) is 6.99. The molecule has 1 N–H and O–H groups in total. The molecular weight excluding hydrogens is 240 g/mol. The van der Waals surface area contributed by atoms with E-state index in [1.165, 1.54) is 10.5 Å². The van der Waals surface area contributed by atoms with Gasteiger partial charge in [-0.1, -0.05) is 39.8 Å². The summed E-state index contributed by atoms with van der Waals surface area (Å²) in [4.78, 5) is 1.31. The van der Waals surface area contributed by atoms with E-state index in [9.17, 15) is 0 Å². The molecule has 0 bridgehead atoms. The average molecular weight is 262 g/mol. The van der Waals surface area contributed by atoms with E-state index in [-0.39, 0.29) is 5.41 Å². The van der Waals surface area contributed by atoms with E-state index < -0.39 is 0 Å². The summed E-state index contributed by atoms with van der Waals surface area (Å²) < 4.78 is 0. The molecule has 0 amide bonds. The summed E-state index contributed by atoms with van der Waals surface area (Å²) in [5.74, 6) is 0. The Morgan fingerprint density at radius 1 is 1.28 bits per heavy atom. The van der Waals surface area contributed by atoms with E-state index >= 15 is 0 Å². The van der Waals surface area contributed by atoms with Crippen LogP contribution in [0.1, 0.15) is 33.3 Å². The van der Waals surface area contributed by atoms with Crippen molar-refractivity contribution in [3.63, 3.8) is 0 Å². The quantitative estimate of drug-likeness (QED) is 0.483. The molecule has 18 heavy (non-hydrogen) atoms. The molecule has 2 nitrogen and oxygen atoms in total. The van der Waals surface area contributed by atoms with Gasteiger partial charge in [-0.25, -0.2) is 0 Å². The molecule has 0 aromatic heterocycles. The average Bonchev–Trinajstić information content (AvgIpc) is 2.29. The van der Waals surface area contributed by atoms with Crippen molar-refractivity contribution in [3.05, 3.63) is 29.8 Å². The van der Waals surface area contributed by atoms with E-state index in [4.69, 9.17) is 5.26 Å². The van der Waals surface area contributed by atoms with Gasteiger partial charge in [0.05, 0.1) is 12.6 Å². The van der Waals surface area contributed by atoms with Gasteiger partial charge < -0.3 is 5.32 Å². The predicted octanol–water partition coefficient (Wildman–Crippen LogP) is 3.58. The first-order valence-corrected chi connectivity index (χ1v) is 7.18. The highest BCUT2D eigenvalue weighted by Crippen LogP contribution is 2.27. The molecule has 1 rings (SSSR count). The second kappa shape index (κ2) is 6.82. The Bertz CT molecular complexity index is 401. The van der Waals surface area contributed by atoms with Gasteiger partial charge in [-0.15, -0.1) is 11.8 Å². The normalized spacial score (nSPS) is 11.6. The Balaban J connectivity index is 2.68. The van der Waals surface area contributed by atoms with E-state index in [0.717, 1.165) is 6.54 Å². The lowest BCUT2D eigenvalue weighted by Crippen LogP contribution is -2.33. The third-order valence-corrected chi connectivity index (χ3v) is 3.79. The minimum atomic E-state index is 0.0534. The van der Waals surface area contributed by atoms with Crippen LogP contribution in [0.15, 0.2) is 29.2 Å². The summed E-state index contributed by atoms with van der Waals surface area (Å²) in [7, 11) is 0. The number of rotatable bonds is 6. The lowest BCUT2D eigenvalue weighted by Gasteiger charge is -2.25. The summed E-state index contributed by atoms with van der Waals surface area (Å²) >= 11 is 1.88. The highest BCUT2D eigenvalue weighted by Gasteiger charge is 2.19. The molecule has 0 radical (unpaired) electrons. The summed E-state index contributed by atoms with van der Waals surface area (Å²) in [6.45, 7) is 10.0. The summed E-state index contributed by atoms with van der Waals surface area (Å²) in [6, 6.07) is 10.9. The van der Waals surface area contributed by atoms with Crippen molar-refractivity contribution >= 4 is 11.8 Å². The maximum atomic E-state index is 8.54. The van der Waals surface area contributed by atoms with Gasteiger partial charge in [-0.2, -0.15) is 5.26 Å². The van der Waals surface area contributed by atoms with Crippen molar-refractivity contribution in [2.45, 2.75) is 43.3 Å². The summed E-state index contributed by atoms with van der Waals surface area (Å²) in [6.07, 6.45) is 0. The predicted molar refractivity (Wildman–Crippen MR) is 78.9 cm³/mol. The van der Waals surface area contributed by atoms with Crippen molar-refractivity contribution in [2.75, 3.05) is 13.1 Å². The van der Waals surface area contributed by atoms with Crippen LogP contribution in [-0.4, -0.2) is 18.3 Å². The van der Waals surface area contributed by atoms with Crippen molar-refractivity contribution in [2.24, 2.45) is 0 Å². The van der Waals surface area contributed by atoms with Gasteiger partial charge in [-0.05, 0) is 17.7 Å². The van der Waals surface area contributed by atoms with Gasteiger partial charge >= 0.3 is 0 Å². The second-order valence-electron chi connectivity index (χ2n) is 5.34. The molecule has 0 aliphatic carbocycles. The van der Waals surface area contributed by atoms with Crippen LogP contribution >= 0.6 is 11.8 Å². The molecule has 0 saturated heterocycles. The number of hydrogen-bond acceptors (Lipinski definition) is 3. The van der Waals surface area contributed by atoms with E-state index in [0.29, 0.717) is 11.8 Å². The summed E-state index contributed by atoms with van der Waals surface area (Å²) in [5, 5.41) is 12.3. The molecule has 3 heteroatoms. The molecule has 0 aliphatic rings. The Morgan fingerprint density at radius 2 is 1.89 bits per heavy atom. The van der Waals surface area contributed by atoms with Crippen LogP contribution < -0.4 is 5.32 Å². The lowest BCUT2D eigenvalue weighted by atomic mass is 9.84. The van der Waals surface area contributed by atoms with E-state index in [1.54, 1.807) is 0 Å². The fourth-order valence-corrected chi connectivity index (χ4v) is 2.63. The Kier molecular flexibility index (Phi) is 5.71. The number of benzene rings is 1. The van der Waals surface area contributed by atoms with Crippen LogP contribution in [0, 0.1) is 11.3 Å². The van der Waals surface area contributed by atoms with E-state index in [2.05, 4.69) is 63.3 Å². The van der Waals surface area contributed by atoms with Crippen LogP contribution in [0.4, 0.5) is 0 Å². The van der Waals surface area contributed by atoms with Gasteiger partial charge in [0, 0.05) is 22.1 Å². The van der Waals surface area contributed by atoms with Crippen LogP contribution in [0.25, 0.3) is 0 Å². The third-order valence-electron chi connectivity index (χ3n) is 2.78. The highest BCUT2D eigenvalue weighted by atomic mass is 32.2. The molecule has 0 aliphatic heterocycles. The smallest absolute Gasteiger partial charge is 0.0841 e. The number of thioether (sulfide) groups is 1. The largest absolute Gasteiger partial charge is 0.304 e. The number of nitrogens with one attached hydrogen (secondary N) is 1. The number of nitriles is 1. The Labute approximate surface area is 115 Å². The van der Waals surface area contributed by atoms with E-state index in [1.807, 2.05) is 11.8 Å². The lowest BCUT2D eigenvalue weighted by molar-refractivity contribution is 0.484. The van der Waals surface area contributed by atoms with Crippen LogP contribution in [0.2, 0.25) is 0 Å². The maximum Gasteiger partial charge on any atom is 0.0841 e. The fourth-order valence-electron chi connectivity index (χ4n) is 1.79. The van der Waals surface area contributed by atoms with Crippen LogP contribution in [0.3, 0.4) is 0 Å². The summed E-state index contributed by atoms with van der Waals surface area (Å²) in [5.41, 5.74) is 1.36. The fraction of sp³-hybridized carbons (Fsp3) is 0.533. The zero-order valence-electron chi connectivity index (χ0n) is 11.7. The Morgan fingerprint density at radius 3 is 2.39 bits per heavy atom. The molecule has 0 atom stereocenters. The van der Waals surface area contributed by atoms with Crippen LogP contribution in [-0.2, 0) is 5.41 Å². The van der Waals surface area contributed by atoms with Gasteiger partial charge in [0.15, 0.2) is 0 Å². The standard InChI is InChI=1S/C15H22N2S/c1-12(2)18-14-7-5-13(6-8-14)15(3,4)11-17-10-9-16/h5-8,12,17H,10-11H2,1-4H3. The first-order valence-electron chi connectivity index (χ1n) is 6.30. The van der Waals surface area contributed by atoms with Crippen molar-refractivity contribution in [1.29, 1.82) is 5.26 Å². The molecule has 1 aromatic carbocycles. The minimum absolute atomic E-state index is 0.0534. The van der Waals surface area contributed by atoms with Crippen molar-refractivity contribution in [3.8, 4) is 6.07 Å². The van der Waals surface area contributed by atoms with Gasteiger partial charge in [0.25, 0.3) is 0 Å². The monoisotopic (exact) mass is 262 g/mol. The molecule has 98 valence electrons. The maximum absolute atomic E-state index is 8.54. The van der Waals surface area contributed by atoms with Crippen molar-refractivity contribution in [1.82, 2.24) is 5.32 Å². The third kappa shape index (κ3) is 4.72. The number of nitrogens with zero attached hydrogens (tertiary/aromatic N) is 1. The zero-order valence-corrected chi connectivity index (χ0v) is 12.5. The molecule has 0 unspecified atom stereocenters. The minimum Gasteiger partial charge on any atom is -0.304 e. The topological polar surface area (TPSA) is 35.8 Å². The highest BCUT2D eigenvalue weighted by molar-refractivity contribution is 7.99. The number of hydrogen-bond donors (Lipinski definition) is 1. The molecule has 0 spiro atoms. The van der Waals surface area contributed by atoms with Gasteiger partial charge in [0.1, 0.15) is 0 Å². The molecular formula is C15H22N2S. The molecule has 1 aromatic rings. The zero-order chi connectivity index (χ0) is 13.6. The first kappa shape index (κ1) is 15.1. The molecule has 0 saturated carbocycles. The molecule has 0 heterocycles. The molecule has 0 fully saturated rings. The van der Waals surface area contributed by atoms with Crippen LogP contribution in [0.5, 0.6) is 0 Å². The Hall–Kier alpha value is -0.980. The van der Waals surface area contributed by atoms with Gasteiger partial charge in [0.2, 0.25) is 0 Å².